The summed E-state index contributed by atoms with van der Waals surface area (Å²) in [5.41, 5.74) is 3.26. The number of rotatable bonds is 5. The molecular formula is C17H17F3N2O4. The van der Waals surface area contributed by atoms with Crippen LogP contribution in [0.4, 0.5) is 13.2 Å². The first kappa shape index (κ1) is 19.4. The molecule has 1 aromatic heterocycles. The lowest BCUT2D eigenvalue weighted by Gasteiger charge is -2.15. The standard InChI is InChI=1S/C17H17F3N2O4/c1-4-22-8-9(7-21)12-13(23)10-5-6-11(24-2)15(25-3)14(10)26-16(12)17(18,19)20/h5-8H,4,21H2,1-3H3/b9-7+,22-8?. The minimum atomic E-state index is -4.94. The second-order valence-corrected chi connectivity index (χ2v) is 5.06. The summed E-state index contributed by atoms with van der Waals surface area (Å²) in [6.45, 7) is 2.00. The molecule has 0 saturated carbocycles. The van der Waals surface area contributed by atoms with Gasteiger partial charge in [-0.25, -0.2) is 0 Å². The van der Waals surface area contributed by atoms with Crippen LogP contribution >= 0.6 is 0 Å². The van der Waals surface area contributed by atoms with Crippen LogP contribution in [0.2, 0.25) is 0 Å². The molecule has 1 aromatic carbocycles. The molecule has 0 atom stereocenters. The van der Waals surface area contributed by atoms with Crippen LogP contribution in [0.3, 0.4) is 0 Å². The van der Waals surface area contributed by atoms with Crippen molar-refractivity contribution in [3.8, 4) is 11.5 Å². The summed E-state index contributed by atoms with van der Waals surface area (Å²) >= 11 is 0. The fourth-order valence-electron chi connectivity index (χ4n) is 2.41. The molecule has 0 radical (unpaired) electrons. The van der Waals surface area contributed by atoms with Gasteiger partial charge in [0.05, 0.1) is 25.2 Å². The quantitative estimate of drug-likeness (QED) is 0.817. The Morgan fingerprint density at radius 1 is 1.31 bits per heavy atom. The number of halogens is 3. The van der Waals surface area contributed by atoms with E-state index in [4.69, 9.17) is 19.6 Å². The van der Waals surface area contributed by atoms with Gasteiger partial charge in [-0.2, -0.15) is 13.2 Å². The Kier molecular flexibility index (Phi) is 5.59. The average Bonchev–Trinajstić information content (AvgIpc) is 2.61. The van der Waals surface area contributed by atoms with E-state index in [2.05, 4.69) is 4.99 Å². The number of alkyl halides is 3. The van der Waals surface area contributed by atoms with E-state index in [0.717, 1.165) is 12.4 Å². The number of benzene rings is 1. The normalized spacial score (nSPS) is 12.8. The van der Waals surface area contributed by atoms with E-state index in [9.17, 15) is 18.0 Å². The number of ether oxygens (including phenoxy) is 2. The number of nitrogens with zero attached hydrogens (tertiary/aromatic N) is 1. The number of methoxy groups -OCH3 is 2. The molecule has 9 heteroatoms. The van der Waals surface area contributed by atoms with Gasteiger partial charge in [0.2, 0.25) is 16.9 Å². The van der Waals surface area contributed by atoms with Crippen molar-refractivity contribution < 1.29 is 27.1 Å². The van der Waals surface area contributed by atoms with Crippen molar-refractivity contribution in [3.05, 3.63) is 39.9 Å². The number of allylic oxidation sites excluding steroid dienone is 1. The van der Waals surface area contributed by atoms with E-state index in [1.165, 1.54) is 26.4 Å². The van der Waals surface area contributed by atoms with E-state index in [1.807, 2.05) is 0 Å². The predicted molar refractivity (Wildman–Crippen MR) is 91.8 cm³/mol. The molecule has 26 heavy (non-hydrogen) atoms. The monoisotopic (exact) mass is 370 g/mol. The van der Waals surface area contributed by atoms with Crippen molar-refractivity contribution in [3.63, 3.8) is 0 Å². The Morgan fingerprint density at radius 2 is 2.00 bits per heavy atom. The molecular weight excluding hydrogens is 353 g/mol. The molecule has 140 valence electrons. The summed E-state index contributed by atoms with van der Waals surface area (Å²) in [7, 11) is 2.55. The van der Waals surface area contributed by atoms with Crippen LogP contribution in [0, 0.1) is 0 Å². The van der Waals surface area contributed by atoms with Gasteiger partial charge in [0, 0.05) is 24.5 Å². The molecule has 0 bridgehead atoms. The third kappa shape index (κ3) is 3.37. The van der Waals surface area contributed by atoms with E-state index in [0.29, 0.717) is 6.54 Å². The van der Waals surface area contributed by atoms with E-state index in [-0.39, 0.29) is 28.0 Å². The first-order valence-electron chi connectivity index (χ1n) is 7.51. The van der Waals surface area contributed by atoms with Gasteiger partial charge in [0.15, 0.2) is 11.3 Å². The van der Waals surface area contributed by atoms with Crippen molar-refractivity contribution >= 4 is 22.8 Å². The maximum absolute atomic E-state index is 13.6. The lowest BCUT2D eigenvalue weighted by atomic mass is 10.0. The van der Waals surface area contributed by atoms with Crippen LogP contribution in [-0.2, 0) is 6.18 Å². The Balaban J connectivity index is 3.00. The fourth-order valence-corrected chi connectivity index (χ4v) is 2.41. The highest BCUT2D eigenvalue weighted by Crippen LogP contribution is 2.40. The summed E-state index contributed by atoms with van der Waals surface area (Å²) in [5.74, 6) is -1.47. The summed E-state index contributed by atoms with van der Waals surface area (Å²) in [6, 6.07) is 2.71. The maximum atomic E-state index is 13.6. The second-order valence-electron chi connectivity index (χ2n) is 5.06. The zero-order valence-corrected chi connectivity index (χ0v) is 14.3. The molecule has 0 unspecified atom stereocenters. The molecule has 0 fully saturated rings. The van der Waals surface area contributed by atoms with Crippen LogP contribution in [0.5, 0.6) is 11.5 Å². The minimum absolute atomic E-state index is 0.102. The Labute approximate surface area is 146 Å². The molecule has 2 rings (SSSR count). The zero-order chi connectivity index (χ0) is 19.5. The van der Waals surface area contributed by atoms with Crippen molar-refractivity contribution in [1.82, 2.24) is 0 Å². The highest BCUT2D eigenvalue weighted by molar-refractivity contribution is 6.10. The average molecular weight is 370 g/mol. The lowest BCUT2D eigenvalue weighted by Crippen LogP contribution is -2.20. The number of hydrogen-bond acceptors (Lipinski definition) is 6. The maximum Gasteiger partial charge on any atom is 0.450 e. The third-order valence-corrected chi connectivity index (χ3v) is 3.54. The molecule has 6 nitrogen and oxygen atoms in total. The molecule has 1 heterocycles. The van der Waals surface area contributed by atoms with Crippen LogP contribution in [-0.4, -0.2) is 27.0 Å². The molecule has 0 aliphatic carbocycles. The van der Waals surface area contributed by atoms with Crippen LogP contribution in [0.15, 0.2) is 32.5 Å². The molecule has 0 spiro atoms. The Bertz CT molecular complexity index is 930. The van der Waals surface area contributed by atoms with Crippen molar-refractivity contribution in [2.24, 2.45) is 10.7 Å². The van der Waals surface area contributed by atoms with Crippen molar-refractivity contribution in [2.45, 2.75) is 13.1 Å². The summed E-state index contributed by atoms with van der Waals surface area (Å²) in [5, 5.41) is -0.102. The highest BCUT2D eigenvalue weighted by atomic mass is 19.4. The van der Waals surface area contributed by atoms with E-state index < -0.39 is 22.9 Å². The predicted octanol–water partition coefficient (Wildman–Crippen LogP) is 3.22. The molecule has 0 saturated heterocycles. The first-order valence-corrected chi connectivity index (χ1v) is 7.51. The van der Waals surface area contributed by atoms with Crippen LogP contribution in [0.1, 0.15) is 18.2 Å². The van der Waals surface area contributed by atoms with Crippen LogP contribution < -0.4 is 20.6 Å². The smallest absolute Gasteiger partial charge is 0.450 e. The molecule has 2 aromatic rings. The third-order valence-electron chi connectivity index (χ3n) is 3.54. The van der Waals surface area contributed by atoms with Gasteiger partial charge < -0.3 is 19.6 Å². The van der Waals surface area contributed by atoms with Gasteiger partial charge in [-0.15, -0.1) is 0 Å². The highest BCUT2D eigenvalue weighted by Gasteiger charge is 2.40. The fraction of sp³-hybridized carbons (Fsp3) is 0.294. The Morgan fingerprint density at radius 3 is 2.50 bits per heavy atom. The van der Waals surface area contributed by atoms with Gasteiger partial charge in [-0.1, -0.05) is 0 Å². The number of hydrogen-bond donors (Lipinski definition) is 1. The van der Waals surface area contributed by atoms with E-state index in [1.54, 1.807) is 6.92 Å². The van der Waals surface area contributed by atoms with Crippen LogP contribution in [0.25, 0.3) is 16.5 Å². The molecule has 2 N–H and O–H groups in total. The van der Waals surface area contributed by atoms with Gasteiger partial charge >= 0.3 is 6.18 Å². The summed E-state index contributed by atoms with van der Waals surface area (Å²) in [6.07, 6.45) is -2.95. The lowest BCUT2D eigenvalue weighted by molar-refractivity contribution is -0.153. The zero-order valence-electron chi connectivity index (χ0n) is 14.3. The number of fused-ring (bicyclic) bond motifs is 1. The van der Waals surface area contributed by atoms with Crippen molar-refractivity contribution in [1.29, 1.82) is 0 Å². The number of aliphatic imine (C=N–C) groups is 1. The van der Waals surface area contributed by atoms with Gasteiger partial charge in [0.1, 0.15) is 0 Å². The molecule has 0 amide bonds. The largest absolute Gasteiger partial charge is 0.493 e. The summed E-state index contributed by atoms with van der Waals surface area (Å²) < 4.78 is 55.9. The van der Waals surface area contributed by atoms with Crippen molar-refractivity contribution in [2.75, 3.05) is 20.8 Å². The van der Waals surface area contributed by atoms with Gasteiger partial charge in [-0.3, -0.25) is 9.79 Å². The Hall–Kier alpha value is -2.97. The van der Waals surface area contributed by atoms with Gasteiger partial charge in [0.25, 0.3) is 0 Å². The first-order chi connectivity index (χ1) is 12.3. The summed E-state index contributed by atoms with van der Waals surface area (Å²) in [4.78, 5) is 16.7. The van der Waals surface area contributed by atoms with Gasteiger partial charge in [-0.05, 0) is 19.1 Å². The SMILES string of the molecule is CCN=C/C(=C\N)c1c(C(F)(F)F)oc2c(OC)c(OC)ccc2c1=O. The topological polar surface area (TPSA) is 87.1 Å². The second kappa shape index (κ2) is 7.51. The van der Waals surface area contributed by atoms with E-state index >= 15 is 0 Å². The molecule has 0 aliphatic heterocycles. The minimum Gasteiger partial charge on any atom is -0.493 e. The molecule has 0 aliphatic rings. The number of nitrogens with two attached hydrogens (primary N) is 1.